The molecule has 0 radical (unpaired) electrons. The largest absolute Gasteiger partial charge is 0.479 e. The Hall–Kier alpha value is -2.67. The normalized spacial score (nSPS) is 17.6. The molecule has 1 atom stereocenters. The van der Waals surface area contributed by atoms with Gasteiger partial charge in [0.05, 0.1) is 36.3 Å². The lowest BCUT2D eigenvalue weighted by Gasteiger charge is -2.30. The van der Waals surface area contributed by atoms with Crippen LogP contribution < -0.4 is 0 Å². The summed E-state index contributed by atoms with van der Waals surface area (Å²) in [6.07, 6.45) is 0.567. The van der Waals surface area contributed by atoms with Crippen LogP contribution in [0.3, 0.4) is 0 Å². The SMILES string of the molecule is Cc1ccc(C)c(-n2ncc(C(=O)N3CCOC(C(=O)O)C3)c2C)c1. The van der Waals surface area contributed by atoms with Crippen LogP contribution in [0.25, 0.3) is 5.69 Å². The number of amides is 1. The number of carbonyl (C=O) groups is 2. The standard InChI is InChI=1S/C18H21N3O4/c1-11-4-5-12(2)15(8-11)21-13(3)14(9-19-21)17(22)20-6-7-25-16(10-20)18(23)24/h4-5,8-9,16H,6-7,10H2,1-3H3,(H,23,24). The molecule has 1 aliphatic rings. The highest BCUT2D eigenvalue weighted by molar-refractivity contribution is 5.95. The van der Waals surface area contributed by atoms with Gasteiger partial charge in [-0.3, -0.25) is 4.79 Å². The molecule has 1 N–H and O–H groups in total. The second-order valence-electron chi connectivity index (χ2n) is 6.29. The van der Waals surface area contributed by atoms with Gasteiger partial charge in [0, 0.05) is 6.54 Å². The Bertz CT molecular complexity index is 828. The Morgan fingerprint density at radius 2 is 2.04 bits per heavy atom. The molecule has 132 valence electrons. The Labute approximate surface area is 145 Å². The number of ether oxygens (including phenoxy) is 1. The zero-order valence-corrected chi connectivity index (χ0v) is 14.5. The Morgan fingerprint density at radius 1 is 1.28 bits per heavy atom. The van der Waals surface area contributed by atoms with E-state index < -0.39 is 12.1 Å². The van der Waals surface area contributed by atoms with Gasteiger partial charge in [0.1, 0.15) is 0 Å². The number of aliphatic carboxylic acids is 1. The predicted octanol–water partition coefficient (Wildman–Crippen LogP) is 1.72. The van der Waals surface area contributed by atoms with Gasteiger partial charge >= 0.3 is 5.97 Å². The van der Waals surface area contributed by atoms with Crippen LogP contribution in [0.1, 0.15) is 27.2 Å². The molecule has 1 unspecified atom stereocenters. The maximum atomic E-state index is 12.8. The number of carbonyl (C=O) groups excluding carboxylic acids is 1. The van der Waals surface area contributed by atoms with E-state index >= 15 is 0 Å². The molecule has 1 fully saturated rings. The highest BCUT2D eigenvalue weighted by Gasteiger charge is 2.31. The lowest BCUT2D eigenvalue weighted by Crippen LogP contribution is -2.48. The monoisotopic (exact) mass is 343 g/mol. The van der Waals surface area contributed by atoms with Crippen molar-refractivity contribution >= 4 is 11.9 Å². The smallest absolute Gasteiger partial charge is 0.334 e. The summed E-state index contributed by atoms with van der Waals surface area (Å²) in [5.41, 5.74) is 4.32. The van der Waals surface area contributed by atoms with Gasteiger partial charge in [-0.05, 0) is 38.0 Å². The molecular weight excluding hydrogens is 322 g/mol. The van der Waals surface area contributed by atoms with E-state index in [4.69, 9.17) is 9.84 Å². The van der Waals surface area contributed by atoms with Crippen molar-refractivity contribution in [2.45, 2.75) is 26.9 Å². The molecule has 1 amide bonds. The van der Waals surface area contributed by atoms with Gasteiger partial charge in [0.15, 0.2) is 6.10 Å². The van der Waals surface area contributed by atoms with Crippen LogP contribution in [0.15, 0.2) is 24.4 Å². The first-order valence-electron chi connectivity index (χ1n) is 8.14. The summed E-state index contributed by atoms with van der Waals surface area (Å²) >= 11 is 0. The summed E-state index contributed by atoms with van der Waals surface area (Å²) in [7, 11) is 0. The van der Waals surface area contributed by atoms with Crippen molar-refractivity contribution in [3.63, 3.8) is 0 Å². The lowest BCUT2D eigenvalue weighted by atomic mass is 10.1. The van der Waals surface area contributed by atoms with Crippen LogP contribution in [-0.4, -0.2) is 57.5 Å². The molecule has 7 nitrogen and oxygen atoms in total. The van der Waals surface area contributed by atoms with Crippen LogP contribution in [0.2, 0.25) is 0 Å². The fourth-order valence-corrected chi connectivity index (χ4v) is 2.96. The molecule has 7 heteroatoms. The summed E-state index contributed by atoms with van der Waals surface area (Å²) in [4.78, 5) is 25.4. The minimum atomic E-state index is -1.06. The number of benzene rings is 1. The van der Waals surface area contributed by atoms with Crippen LogP contribution in [0.5, 0.6) is 0 Å². The number of carboxylic acids is 1. The van der Waals surface area contributed by atoms with Crippen LogP contribution in [0, 0.1) is 20.8 Å². The van der Waals surface area contributed by atoms with Gasteiger partial charge in [-0.15, -0.1) is 0 Å². The van der Waals surface area contributed by atoms with E-state index in [1.165, 1.54) is 4.90 Å². The summed E-state index contributed by atoms with van der Waals surface area (Å²) < 4.78 is 6.93. The van der Waals surface area contributed by atoms with Crippen molar-refractivity contribution < 1.29 is 19.4 Å². The second-order valence-corrected chi connectivity index (χ2v) is 6.29. The maximum absolute atomic E-state index is 12.8. The van der Waals surface area contributed by atoms with E-state index in [1.54, 1.807) is 10.9 Å². The van der Waals surface area contributed by atoms with Gasteiger partial charge < -0.3 is 14.7 Å². The molecule has 2 aromatic rings. The van der Waals surface area contributed by atoms with Crippen molar-refractivity contribution in [3.05, 3.63) is 46.8 Å². The number of nitrogens with zero attached hydrogens (tertiary/aromatic N) is 3. The number of carboxylic acid groups (broad SMARTS) is 1. The van der Waals surface area contributed by atoms with E-state index in [1.807, 2.05) is 39.0 Å². The average molecular weight is 343 g/mol. The Kier molecular flexibility index (Phi) is 4.59. The molecule has 1 saturated heterocycles. The molecular formula is C18H21N3O4. The summed E-state index contributed by atoms with van der Waals surface area (Å²) in [5.74, 6) is -1.27. The summed E-state index contributed by atoms with van der Waals surface area (Å²) in [5, 5.41) is 13.5. The summed E-state index contributed by atoms with van der Waals surface area (Å²) in [6, 6.07) is 6.08. The molecule has 2 heterocycles. The number of morpholine rings is 1. The fourth-order valence-electron chi connectivity index (χ4n) is 2.96. The van der Waals surface area contributed by atoms with Gasteiger partial charge in [-0.1, -0.05) is 12.1 Å². The summed E-state index contributed by atoms with van der Waals surface area (Å²) in [6.45, 7) is 6.48. The van der Waals surface area contributed by atoms with E-state index in [0.717, 1.165) is 22.5 Å². The minimum absolute atomic E-state index is 0.0439. The van der Waals surface area contributed by atoms with Crippen LogP contribution >= 0.6 is 0 Å². The lowest BCUT2D eigenvalue weighted by molar-refractivity contribution is -0.154. The van der Waals surface area contributed by atoms with E-state index in [2.05, 4.69) is 5.10 Å². The number of hydrogen-bond donors (Lipinski definition) is 1. The fraction of sp³-hybridized carbons (Fsp3) is 0.389. The number of aromatic nitrogens is 2. The molecule has 3 rings (SSSR count). The number of aryl methyl sites for hydroxylation is 2. The van der Waals surface area contributed by atoms with E-state index in [-0.39, 0.29) is 19.1 Å². The third-order valence-electron chi connectivity index (χ3n) is 4.46. The minimum Gasteiger partial charge on any atom is -0.479 e. The molecule has 0 aliphatic carbocycles. The van der Waals surface area contributed by atoms with Gasteiger partial charge in [0.25, 0.3) is 5.91 Å². The van der Waals surface area contributed by atoms with Crippen LogP contribution in [-0.2, 0) is 9.53 Å². The Balaban J connectivity index is 1.89. The van der Waals surface area contributed by atoms with E-state index in [0.29, 0.717) is 12.1 Å². The zero-order chi connectivity index (χ0) is 18.1. The van der Waals surface area contributed by atoms with Crippen molar-refractivity contribution in [2.75, 3.05) is 19.7 Å². The van der Waals surface area contributed by atoms with Crippen molar-refractivity contribution in [1.29, 1.82) is 0 Å². The predicted molar refractivity (Wildman–Crippen MR) is 91.1 cm³/mol. The van der Waals surface area contributed by atoms with E-state index in [9.17, 15) is 9.59 Å². The topological polar surface area (TPSA) is 84.7 Å². The molecule has 1 aliphatic heterocycles. The zero-order valence-electron chi connectivity index (χ0n) is 14.5. The van der Waals surface area contributed by atoms with Crippen LogP contribution in [0.4, 0.5) is 0 Å². The maximum Gasteiger partial charge on any atom is 0.334 e. The van der Waals surface area contributed by atoms with Crippen molar-refractivity contribution in [2.24, 2.45) is 0 Å². The number of rotatable bonds is 3. The molecule has 0 bridgehead atoms. The highest BCUT2D eigenvalue weighted by atomic mass is 16.5. The van der Waals surface area contributed by atoms with Gasteiger partial charge in [-0.2, -0.15) is 5.10 Å². The third kappa shape index (κ3) is 3.28. The Morgan fingerprint density at radius 3 is 2.76 bits per heavy atom. The average Bonchev–Trinajstić information content (AvgIpc) is 2.98. The first-order valence-corrected chi connectivity index (χ1v) is 8.14. The highest BCUT2D eigenvalue weighted by Crippen LogP contribution is 2.21. The molecule has 1 aromatic carbocycles. The molecule has 25 heavy (non-hydrogen) atoms. The first kappa shape index (κ1) is 17.2. The second kappa shape index (κ2) is 6.68. The molecule has 0 saturated carbocycles. The quantitative estimate of drug-likeness (QED) is 0.917. The van der Waals surface area contributed by atoms with Gasteiger partial charge in [-0.25, -0.2) is 9.48 Å². The number of hydrogen-bond acceptors (Lipinski definition) is 4. The first-order chi connectivity index (χ1) is 11.9. The van der Waals surface area contributed by atoms with Gasteiger partial charge in [0.2, 0.25) is 0 Å². The molecule has 1 aromatic heterocycles. The van der Waals surface area contributed by atoms with Crippen molar-refractivity contribution in [3.8, 4) is 5.69 Å². The molecule has 0 spiro atoms. The third-order valence-corrected chi connectivity index (χ3v) is 4.46. The van der Waals surface area contributed by atoms with Crippen molar-refractivity contribution in [1.82, 2.24) is 14.7 Å².